The smallest absolute Gasteiger partial charge is 0.0966 e. The Hall–Kier alpha value is -1.32. The normalized spacial score (nSPS) is 12.3. The van der Waals surface area contributed by atoms with Crippen LogP contribution in [0.3, 0.4) is 0 Å². The van der Waals surface area contributed by atoms with Crippen LogP contribution in [-0.2, 0) is 0 Å². The molecule has 2 rings (SSSR count). The molecule has 2 aromatic rings. The number of nitrogens with zero attached hydrogens (tertiary/aromatic N) is 1. The summed E-state index contributed by atoms with van der Waals surface area (Å²) in [6.07, 6.45) is 1.81. The van der Waals surface area contributed by atoms with Gasteiger partial charge in [0.2, 0.25) is 0 Å². The van der Waals surface area contributed by atoms with Crippen LogP contribution in [0.25, 0.3) is 0 Å². The predicted octanol–water partition coefficient (Wildman–Crippen LogP) is 2.87. The van der Waals surface area contributed by atoms with E-state index >= 15 is 0 Å². The van der Waals surface area contributed by atoms with Gasteiger partial charge < -0.3 is 5.73 Å². The zero-order valence-electron chi connectivity index (χ0n) is 8.91. The molecule has 1 heterocycles. The number of hydrogen-bond donors (Lipinski definition) is 1. The lowest BCUT2D eigenvalue weighted by molar-refractivity contribution is 0.935. The van der Waals surface area contributed by atoms with Gasteiger partial charge >= 0.3 is 0 Å². The standard InChI is InChI=1S/C13H14N2S/c14-10-12(11-6-2-1-3-7-11)16-13-8-4-5-9-15-13/h1-9,12H,10,14H2. The van der Waals surface area contributed by atoms with Gasteiger partial charge in [-0.1, -0.05) is 48.2 Å². The maximum absolute atomic E-state index is 5.80. The fraction of sp³-hybridized carbons (Fsp3) is 0.154. The minimum absolute atomic E-state index is 0.274. The molecule has 0 bridgehead atoms. The van der Waals surface area contributed by atoms with Crippen LogP contribution in [0.15, 0.2) is 59.8 Å². The van der Waals surface area contributed by atoms with E-state index < -0.39 is 0 Å². The summed E-state index contributed by atoms with van der Waals surface area (Å²) >= 11 is 1.71. The van der Waals surface area contributed by atoms with E-state index in [-0.39, 0.29) is 5.25 Å². The minimum Gasteiger partial charge on any atom is -0.329 e. The van der Waals surface area contributed by atoms with E-state index in [0.29, 0.717) is 6.54 Å². The molecule has 0 spiro atoms. The molecule has 0 fully saturated rings. The monoisotopic (exact) mass is 230 g/mol. The van der Waals surface area contributed by atoms with Crippen LogP contribution in [0.5, 0.6) is 0 Å². The molecule has 82 valence electrons. The molecular formula is C13H14N2S. The van der Waals surface area contributed by atoms with Gasteiger partial charge in [0.05, 0.1) is 5.03 Å². The van der Waals surface area contributed by atoms with E-state index in [0.717, 1.165) is 5.03 Å². The van der Waals surface area contributed by atoms with E-state index in [1.807, 2.05) is 36.4 Å². The highest BCUT2D eigenvalue weighted by Crippen LogP contribution is 2.32. The Morgan fingerprint density at radius 2 is 1.81 bits per heavy atom. The number of hydrogen-bond acceptors (Lipinski definition) is 3. The van der Waals surface area contributed by atoms with Gasteiger partial charge in [0.25, 0.3) is 0 Å². The summed E-state index contributed by atoms with van der Waals surface area (Å²) < 4.78 is 0. The lowest BCUT2D eigenvalue weighted by Crippen LogP contribution is -2.09. The van der Waals surface area contributed by atoms with Crippen molar-refractivity contribution in [2.45, 2.75) is 10.3 Å². The van der Waals surface area contributed by atoms with Crippen LogP contribution < -0.4 is 5.73 Å². The summed E-state index contributed by atoms with van der Waals surface area (Å²) in [5.41, 5.74) is 7.05. The molecule has 3 heteroatoms. The van der Waals surface area contributed by atoms with Crippen molar-refractivity contribution in [2.24, 2.45) is 5.73 Å². The number of nitrogens with two attached hydrogens (primary N) is 1. The Balaban J connectivity index is 2.13. The quantitative estimate of drug-likeness (QED) is 0.821. The van der Waals surface area contributed by atoms with Gasteiger partial charge in [0.15, 0.2) is 0 Å². The zero-order valence-corrected chi connectivity index (χ0v) is 9.73. The van der Waals surface area contributed by atoms with E-state index in [2.05, 4.69) is 17.1 Å². The number of thioether (sulfide) groups is 1. The molecule has 0 aliphatic carbocycles. The molecule has 0 radical (unpaired) electrons. The number of benzene rings is 1. The van der Waals surface area contributed by atoms with Crippen molar-refractivity contribution in [3.63, 3.8) is 0 Å². The van der Waals surface area contributed by atoms with Crippen molar-refractivity contribution in [3.8, 4) is 0 Å². The van der Waals surface area contributed by atoms with Crippen LogP contribution in [0, 0.1) is 0 Å². The van der Waals surface area contributed by atoms with E-state index in [9.17, 15) is 0 Å². The van der Waals surface area contributed by atoms with Crippen LogP contribution in [-0.4, -0.2) is 11.5 Å². The highest BCUT2D eigenvalue weighted by molar-refractivity contribution is 7.99. The summed E-state index contributed by atoms with van der Waals surface area (Å²) in [5.74, 6) is 0. The Morgan fingerprint density at radius 1 is 1.06 bits per heavy atom. The highest BCUT2D eigenvalue weighted by atomic mass is 32.2. The Kier molecular flexibility index (Phi) is 3.97. The summed E-state index contributed by atoms with van der Waals surface area (Å²) in [4.78, 5) is 4.30. The first-order valence-corrected chi connectivity index (χ1v) is 6.11. The number of aromatic nitrogens is 1. The van der Waals surface area contributed by atoms with E-state index in [1.54, 1.807) is 18.0 Å². The van der Waals surface area contributed by atoms with Gasteiger partial charge in [-0.05, 0) is 17.7 Å². The highest BCUT2D eigenvalue weighted by Gasteiger charge is 2.11. The van der Waals surface area contributed by atoms with Crippen LogP contribution >= 0.6 is 11.8 Å². The maximum Gasteiger partial charge on any atom is 0.0966 e. The van der Waals surface area contributed by atoms with E-state index in [1.165, 1.54) is 5.56 Å². The maximum atomic E-state index is 5.80. The molecular weight excluding hydrogens is 216 g/mol. The number of pyridine rings is 1. The van der Waals surface area contributed by atoms with Crippen molar-refractivity contribution in [2.75, 3.05) is 6.54 Å². The lowest BCUT2D eigenvalue weighted by atomic mass is 10.1. The first-order valence-electron chi connectivity index (χ1n) is 5.23. The van der Waals surface area contributed by atoms with Gasteiger partial charge in [-0.25, -0.2) is 4.98 Å². The van der Waals surface area contributed by atoms with Gasteiger partial charge in [0, 0.05) is 18.0 Å². The predicted molar refractivity (Wildman–Crippen MR) is 68.3 cm³/mol. The van der Waals surface area contributed by atoms with Crippen molar-refractivity contribution in [1.29, 1.82) is 0 Å². The van der Waals surface area contributed by atoms with Gasteiger partial charge in [0.1, 0.15) is 0 Å². The van der Waals surface area contributed by atoms with Crippen molar-refractivity contribution >= 4 is 11.8 Å². The Morgan fingerprint density at radius 3 is 2.44 bits per heavy atom. The molecule has 1 aromatic heterocycles. The fourth-order valence-electron chi connectivity index (χ4n) is 1.48. The van der Waals surface area contributed by atoms with E-state index in [4.69, 9.17) is 5.73 Å². The molecule has 0 saturated heterocycles. The Labute approximate surface area is 99.9 Å². The minimum atomic E-state index is 0.274. The van der Waals surface area contributed by atoms with Gasteiger partial charge in [-0.15, -0.1) is 0 Å². The first kappa shape index (κ1) is 11.2. The second-order valence-electron chi connectivity index (χ2n) is 3.42. The fourth-order valence-corrected chi connectivity index (χ4v) is 2.44. The topological polar surface area (TPSA) is 38.9 Å². The third kappa shape index (κ3) is 2.84. The summed E-state index contributed by atoms with van der Waals surface area (Å²) in [7, 11) is 0. The molecule has 16 heavy (non-hydrogen) atoms. The largest absolute Gasteiger partial charge is 0.329 e. The first-order chi connectivity index (χ1) is 7.90. The van der Waals surface area contributed by atoms with Crippen LogP contribution in [0.2, 0.25) is 0 Å². The van der Waals surface area contributed by atoms with Gasteiger partial charge in [-0.2, -0.15) is 0 Å². The van der Waals surface area contributed by atoms with Crippen molar-refractivity contribution < 1.29 is 0 Å². The van der Waals surface area contributed by atoms with Gasteiger partial charge in [-0.3, -0.25) is 0 Å². The average Bonchev–Trinajstić information content (AvgIpc) is 2.38. The molecule has 1 aromatic carbocycles. The molecule has 1 unspecified atom stereocenters. The average molecular weight is 230 g/mol. The molecule has 2 nitrogen and oxygen atoms in total. The molecule has 1 atom stereocenters. The molecule has 0 aliphatic heterocycles. The second kappa shape index (κ2) is 5.68. The number of rotatable bonds is 4. The molecule has 2 N–H and O–H groups in total. The SMILES string of the molecule is NCC(Sc1ccccn1)c1ccccc1. The summed E-state index contributed by atoms with van der Waals surface area (Å²) in [6.45, 7) is 0.616. The molecule has 0 amide bonds. The van der Waals surface area contributed by atoms with Crippen molar-refractivity contribution in [1.82, 2.24) is 4.98 Å². The molecule has 0 saturated carbocycles. The summed E-state index contributed by atoms with van der Waals surface area (Å²) in [6, 6.07) is 16.2. The van der Waals surface area contributed by atoms with Crippen LogP contribution in [0.4, 0.5) is 0 Å². The van der Waals surface area contributed by atoms with Crippen molar-refractivity contribution in [3.05, 3.63) is 60.3 Å². The second-order valence-corrected chi connectivity index (χ2v) is 4.64. The third-order valence-corrected chi connectivity index (χ3v) is 3.52. The molecule has 0 aliphatic rings. The third-order valence-electron chi connectivity index (χ3n) is 2.29. The lowest BCUT2D eigenvalue weighted by Gasteiger charge is -2.13. The van der Waals surface area contributed by atoms with Crippen LogP contribution in [0.1, 0.15) is 10.8 Å². The zero-order chi connectivity index (χ0) is 11.2. The summed E-state index contributed by atoms with van der Waals surface area (Å²) in [5, 5.41) is 1.29. The Bertz CT molecular complexity index is 416.